The first kappa shape index (κ1) is 52.4. The number of carbonyl (C=O) groups is 1. The van der Waals surface area contributed by atoms with E-state index in [1.165, 1.54) is 132 Å². The van der Waals surface area contributed by atoms with Gasteiger partial charge in [-0.3, -0.25) is 0 Å². The van der Waals surface area contributed by atoms with Crippen molar-refractivity contribution >= 4 is 104 Å². The number of rotatable bonds is 27. The highest BCUT2D eigenvalue weighted by Crippen LogP contribution is 2.57. The molecule has 0 N–H and O–H groups in total. The molecule has 0 aliphatic rings. The van der Waals surface area contributed by atoms with Crippen molar-refractivity contribution in [3.63, 3.8) is 0 Å². The van der Waals surface area contributed by atoms with Crippen molar-refractivity contribution in [2.75, 3.05) is 33.0 Å². The molecule has 0 radical (unpaired) electrons. The second-order valence-corrected chi connectivity index (χ2v) is 26.3. The predicted molar refractivity (Wildman–Crippen MR) is 301 cm³/mol. The van der Waals surface area contributed by atoms with Crippen molar-refractivity contribution in [2.24, 2.45) is 11.8 Å². The van der Waals surface area contributed by atoms with E-state index in [-0.39, 0.29) is 23.4 Å². The summed E-state index contributed by atoms with van der Waals surface area (Å²) in [6, 6.07) is 17.0. The number of carbonyl (C=O) groups excluding carboxylic acids is 1. The molecule has 0 saturated carbocycles. The third-order valence-electron chi connectivity index (χ3n) is 14.2. The summed E-state index contributed by atoms with van der Waals surface area (Å²) in [6.07, 6.45) is 14.6. The molecule has 4 nitrogen and oxygen atoms in total. The first-order chi connectivity index (χ1) is 32.3. The molecule has 364 valence electrons. The van der Waals surface area contributed by atoms with Crippen LogP contribution in [0.25, 0.3) is 60.9 Å². The zero-order chi connectivity index (χ0) is 47.9. The molecule has 0 saturated heterocycles. The number of hydrogen-bond acceptors (Lipinski definition) is 10. The number of hydrogen-bond donors (Lipinski definition) is 0. The molecule has 7 aromatic rings. The smallest absolute Gasteiger partial charge is 0.348 e. The fourth-order valence-corrected chi connectivity index (χ4v) is 17.1. The zero-order valence-corrected chi connectivity index (χ0v) is 47.2. The maximum Gasteiger partial charge on any atom is 0.348 e. The van der Waals surface area contributed by atoms with Crippen LogP contribution in [-0.4, -0.2) is 39.0 Å². The number of unbranched alkanes of at least 4 members (excludes halogenated alkanes) is 2. The molecular formula is C57H76O4S6. The summed E-state index contributed by atoms with van der Waals surface area (Å²) in [4.78, 5) is 25.5. The van der Waals surface area contributed by atoms with Crippen LogP contribution in [0.4, 0.5) is 0 Å². The molecule has 2 unspecified atom stereocenters. The molecule has 0 fully saturated rings. The Hall–Kier alpha value is -2.41. The van der Waals surface area contributed by atoms with Gasteiger partial charge in [-0.05, 0) is 97.7 Å². The van der Waals surface area contributed by atoms with Gasteiger partial charge in [0.2, 0.25) is 0 Å². The Morgan fingerprint density at radius 1 is 0.567 bits per heavy atom. The SMILES string of the molecule is CCCCC(CC)Cc1ccc(-c2c3cc(C(C)(C)CC)sc3c(-c3ccc(CC(CC)CCCC)s3)c3cc(-c4sc(C(C)(C)CC)c5cc(C(=O)OCCOCCOCC)sc45)sc23)s1. The van der Waals surface area contributed by atoms with E-state index in [1.807, 2.05) is 63.6 Å². The highest BCUT2D eigenvalue weighted by Gasteiger charge is 2.32. The van der Waals surface area contributed by atoms with Gasteiger partial charge in [0.15, 0.2) is 0 Å². The summed E-state index contributed by atoms with van der Waals surface area (Å²) >= 11 is 11.6. The molecule has 0 aliphatic heterocycles. The van der Waals surface area contributed by atoms with Gasteiger partial charge >= 0.3 is 5.97 Å². The highest BCUT2D eigenvalue weighted by molar-refractivity contribution is 7.32. The van der Waals surface area contributed by atoms with Crippen LogP contribution in [0.3, 0.4) is 0 Å². The topological polar surface area (TPSA) is 44.8 Å². The van der Waals surface area contributed by atoms with Crippen molar-refractivity contribution in [1.29, 1.82) is 0 Å². The monoisotopic (exact) mass is 1020 g/mol. The average molecular weight is 1020 g/mol. The molecule has 6 heterocycles. The first-order valence-electron chi connectivity index (χ1n) is 25.4. The van der Waals surface area contributed by atoms with Gasteiger partial charge in [0, 0.05) is 77.4 Å². The van der Waals surface area contributed by atoms with Gasteiger partial charge in [0.1, 0.15) is 11.5 Å². The third-order valence-corrected chi connectivity index (χ3v) is 22.2. The zero-order valence-electron chi connectivity index (χ0n) is 42.3. The lowest BCUT2D eigenvalue weighted by Gasteiger charge is -2.21. The van der Waals surface area contributed by atoms with Crippen molar-refractivity contribution in [1.82, 2.24) is 0 Å². The number of thiophene rings is 6. The van der Waals surface area contributed by atoms with Gasteiger partial charge in [0.05, 0.1) is 29.4 Å². The van der Waals surface area contributed by atoms with Gasteiger partial charge in [-0.25, -0.2) is 4.79 Å². The largest absolute Gasteiger partial charge is 0.459 e. The van der Waals surface area contributed by atoms with E-state index in [1.54, 1.807) is 11.3 Å². The summed E-state index contributed by atoms with van der Waals surface area (Å²) in [6.45, 7) is 27.8. The van der Waals surface area contributed by atoms with E-state index in [9.17, 15) is 4.79 Å². The van der Waals surface area contributed by atoms with E-state index in [0.29, 0.717) is 31.3 Å². The highest BCUT2D eigenvalue weighted by atomic mass is 32.1. The van der Waals surface area contributed by atoms with Crippen LogP contribution in [0.2, 0.25) is 0 Å². The normalized spacial score (nSPS) is 13.5. The summed E-state index contributed by atoms with van der Waals surface area (Å²) in [5, 5.41) is 3.95. The minimum absolute atomic E-state index is 0.0579. The molecule has 1 aromatic carbocycles. The number of fused-ring (bicyclic) bond motifs is 3. The van der Waals surface area contributed by atoms with Gasteiger partial charge in [-0.1, -0.05) is 121 Å². The second-order valence-electron chi connectivity index (χ2n) is 19.8. The Bertz CT molecular complexity index is 2580. The van der Waals surface area contributed by atoms with Crippen molar-refractivity contribution < 1.29 is 19.0 Å². The van der Waals surface area contributed by atoms with Gasteiger partial charge < -0.3 is 14.2 Å². The lowest BCUT2D eigenvalue weighted by molar-refractivity contribution is 0.0167. The van der Waals surface area contributed by atoms with E-state index >= 15 is 0 Å². The Kier molecular flexibility index (Phi) is 18.5. The average Bonchev–Trinajstić information content (AvgIpc) is 4.19. The summed E-state index contributed by atoms with van der Waals surface area (Å²) in [7, 11) is 0. The first-order valence-corrected chi connectivity index (χ1v) is 30.3. The number of benzene rings is 1. The Balaban J connectivity index is 1.42. The molecule has 0 aliphatic carbocycles. The molecule has 10 heteroatoms. The Morgan fingerprint density at radius 3 is 1.70 bits per heavy atom. The van der Waals surface area contributed by atoms with E-state index < -0.39 is 0 Å². The Labute approximate surface area is 426 Å². The van der Waals surface area contributed by atoms with Crippen LogP contribution in [0.5, 0.6) is 0 Å². The van der Waals surface area contributed by atoms with Gasteiger partial charge in [-0.15, -0.1) is 68.0 Å². The van der Waals surface area contributed by atoms with E-state index in [0.717, 1.165) is 37.5 Å². The van der Waals surface area contributed by atoms with Crippen molar-refractivity contribution in [2.45, 2.75) is 164 Å². The lowest BCUT2D eigenvalue weighted by Crippen LogP contribution is -2.13. The summed E-state index contributed by atoms with van der Waals surface area (Å²) in [5.41, 5.74) is 2.82. The Morgan fingerprint density at radius 2 is 1.13 bits per heavy atom. The molecular weight excluding hydrogens is 941 g/mol. The molecule has 2 atom stereocenters. The minimum atomic E-state index is -0.278. The van der Waals surface area contributed by atoms with Crippen LogP contribution in [0.1, 0.15) is 170 Å². The van der Waals surface area contributed by atoms with Crippen molar-refractivity contribution in [3.05, 3.63) is 66.9 Å². The lowest BCUT2D eigenvalue weighted by atomic mass is 9.87. The van der Waals surface area contributed by atoms with E-state index in [4.69, 9.17) is 14.2 Å². The molecule has 0 spiro atoms. The van der Waals surface area contributed by atoms with Crippen LogP contribution in [0.15, 0.2) is 42.5 Å². The van der Waals surface area contributed by atoms with Crippen LogP contribution < -0.4 is 0 Å². The quantitative estimate of drug-likeness (QED) is 0.0380. The standard InChI is InChI=1S/C57H76O4S6/c1-12-19-21-36(14-3)31-38-23-25-43(62-38)48-40-33-45(53-52-42(54(67-53)57(10,11)17-6)34-46(65-52)55(58)61-30-29-60-28-27-59-18-7)64-50(40)49(41-35-47(66-51(41)48)56(8,9)16-5)44-26-24-39(63-44)32-37(15-4)22-20-13-2/h23-26,33-37H,12-22,27-32H2,1-11H3. The second kappa shape index (κ2) is 23.7. The molecule has 6 aromatic heterocycles. The van der Waals surface area contributed by atoms with Gasteiger partial charge in [0.25, 0.3) is 0 Å². The minimum Gasteiger partial charge on any atom is -0.459 e. The molecule has 0 bridgehead atoms. The summed E-state index contributed by atoms with van der Waals surface area (Å²) in [5.74, 6) is 1.16. The van der Waals surface area contributed by atoms with Crippen LogP contribution in [0, 0.1) is 11.8 Å². The van der Waals surface area contributed by atoms with E-state index in [2.05, 4.69) is 112 Å². The fourth-order valence-electron chi connectivity index (χ4n) is 9.06. The van der Waals surface area contributed by atoms with Gasteiger partial charge in [-0.2, -0.15) is 0 Å². The van der Waals surface area contributed by atoms with Crippen molar-refractivity contribution in [3.8, 4) is 30.6 Å². The number of esters is 1. The van der Waals surface area contributed by atoms with Crippen LogP contribution in [-0.2, 0) is 37.9 Å². The third kappa shape index (κ3) is 11.9. The molecule has 7 rings (SSSR count). The predicted octanol–water partition coefficient (Wildman–Crippen LogP) is 19.6. The van der Waals surface area contributed by atoms with Crippen LogP contribution >= 0.6 is 68.0 Å². The summed E-state index contributed by atoms with van der Waals surface area (Å²) < 4.78 is 20.9. The maximum atomic E-state index is 13.7. The molecule has 0 amide bonds. The molecule has 67 heavy (non-hydrogen) atoms. The maximum absolute atomic E-state index is 13.7. The number of ether oxygens (including phenoxy) is 3. The fraction of sp³-hybridized carbons (Fsp3) is 0.561.